The number of hydrogen-bond acceptors (Lipinski definition) is 2. The molecule has 0 saturated carbocycles. The zero-order chi connectivity index (χ0) is 14.5. The molecule has 20 heavy (non-hydrogen) atoms. The van der Waals surface area contributed by atoms with E-state index in [1.54, 1.807) is 12.1 Å². The molecule has 2 rings (SSSR count). The molecule has 0 atom stereocenters. The van der Waals surface area contributed by atoms with E-state index in [1.807, 2.05) is 32.0 Å². The number of carbonyl (C=O) groups is 1. The SMILES string of the molecule is Cc1cc(C)cc(NC(=O)CNc2ccc(F)cc2)c1. The molecule has 0 fully saturated rings. The van der Waals surface area contributed by atoms with E-state index < -0.39 is 0 Å². The zero-order valence-corrected chi connectivity index (χ0v) is 11.5. The van der Waals surface area contributed by atoms with E-state index in [0.29, 0.717) is 5.69 Å². The predicted octanol–water partition coefficient (Wildman–Crippen LogP) is 3.49. The Hall–Kier alpha value is -2.36. The van der Waals surface area contributed by atoms with Gasteiger partial charge in [0.15, 0.2) is 0 Å². The molecule has 2 N–H and O–H groups in total. The molecule has 0 bridgehead atoms. The maximum absolute atomic E-state index is 12.7. The van der Waals surface area contributed by atoms with Gasteiger partial charge in [-0.25, -0.2) is 4.39 Å². The van der Waals surface area contributed by atoms with Gasteiger partial charge in [-0.3, -0.25) is 4.79 Å². The van der Waals surface area contributed by atoms with Crippen molar-refractivity contribution in [1.82, 2.24) is 0 Å². The molecule has 0 radical (unpaired) electrons. The number of anilines is 2. The van der Waals surface area contributed by atoms with Crippen LogP contribution in [0.4, 0.5) is 15.8 Å². The maximum atomic E-state index is 12.7. The fourth-order valence-electron chi connectivity index (χ4n) is 2.00. The van der Waals surface area contributed by atoms with E-state index in [4.69, 9.17) is 0 Å². The van der Waals surface area contributed by atoms with Crippen molar-refractivity contribution < 1.29 is 9.18 Å². The summed E-state index contributed by atoms with van der Waals surface area (Å²) in [5, 5.41) is 5.77. The minimum absolute atomic E-state index is 0.138. The Morgan fingerprint density at radius 1 is 1.00 bits per heavy atom. The molecule has 0 unspecified atom stereocenters. The van der Waals surface area contributed by atoms with Crippen molar-refractivity contribution in [2.24, 2.45) is 0 Å². The quantitative estimate of drug-likeness (QED) is 0.894. The highest BCUT2D eigenvalue weighted by Gasteiger charge is 2.03. The van der Waals surface area contributed by atoms with Gasteiger partial charge in [-0.05, 0) is 61.4 Å². The van der Waals surface area contributed by atoms with Crippen LogP contribution in [0.2, 0.25) is 0 Å². The lowest BCUT2D eigenvalue weighted by Gasteiger charge is -2.09. The van der Waals surface area contributed by atoms with E-state index in [0.717, 1.165) is 16.8 Å². The Balaban J connectivity index is 1.90. The summed E-state index contributed by atoms with van der Waals surface area (Å²) in [6, 6.07) is 11.8. The number of amides is 1. The van der Waals surface area contributed by atoms with Crippen LogP contribution >= 0.6 is 0 Å². The van der Waals surface area contributed by atoms with Crippen LogP contribution in [0.3, 0.4) is 0 Å². The minimum Gasteiger partial charge on any atom is -0.376 e. The first-order valence-electron chi connectivity index (χ1n) is 6.40. The normalized spacial score (nSPS) is 10.2. The fourth-order valence-corrected chi connectivity index (χ4v) is 2.00. The monoisotopic (exact) mass is 272 g/mol. The number of carbonyl (C=O) groups excluding carboxylic acids is 1. The van der Waals surface area contributed by atoms with Gasteiger partial charge in [0.1, 0.15) is 5.82 Å². The Morgan fingerprint density at radius 3 is 2.20 bits per heavy atom. The first kappa shape index (κ1) is 14.1. The highest BCUT2D eigenvalue weighted by molar-refractivity contribution is 5.93. The molecule has 0 aliphatic heterocycles. The number of rotatable bonds is 4. The molecule has 0 saturated heterocycles. The van der Waals surface area contributed by atoms with E-state index in [-0.39, 0.29) is 18.3 Å². The lowest BCUT2D eigenvalue weighted by molar-refractivity contribution is -0.114. The molecule has 2 aromatic rings. The van der Waals surface area contributed by atoms with Crippen molar-refractivity contribution in [3.8, 4) is 0 Å². The average molecular weight is 272 g/mol. The number of aryl methyl sites for hydroxylation is 2. The molecule has 104 valence electrons. The molecule has 2 aromatic carbocycles. The number of nitrogens with one attached hydrogen (secondary N) is 2. The summed E-state index contributed by atoms with van der Waals surface area (Å²) in [4.78, 5) is 11.8. The highest BCUT2D eigenvalue weighted by Crippen LogP contribution is 2.14. The third kappa shape index (κ3) is 4.09. The van der Waals surface area contributed by atoms with Gasteiger partial charge in [-0.1, -0.05) is 6.07 Å². The summed E-state index contributed by atoms with van der Waals surface area (Å²) in [5.74, 6) is -0.436. The van der Waals surface area contributed by atoms with E-state index >= 15 is 0 Å². The van der Waals surface area contributed by atoms with Crippen LogP contribution in [0.1, 0.15) is 11.1 Å². The van der Waals surface area contributed by atoms with E-state index in [2.05, 4.69) is 10.6 Å². The second-order valence-corrected chi connectivity index (χ2v) is 4.79. The highest BCUT2D eigenvalue weighted by atomic mass is 19.1. The first-order valence-corrected chi connectivity index (χ1v) is 6.40. The van der Waals surface area contributed by atoms with Gasteiger partial charge in [-0.15, -0.1) is 0 Å². The molecule has 0 aromatic heterocycles. The van der Waals surface area contributed by atoms with Crippen LogP contribution in [-0.4, -0.2) is 12.5 Å². The molecular weight excluding hydrogens is 255 g/mol. The van der Waals surface area contributed by atoms with Crippen LogP contribution in [-0.2, 0) is 4.79 Å². The number of halogens is 1. The molecule has 0 spiro atoms. The molecule has 0 aliphatic rings. The fraction of sp³-hybridized carbons (Fsp3) is 0.188. The summed E-state index contributed by atoms with van der Waals surface area (Å²) in [5.41, 5.74) is 3.70. The molecular formula is C16H17FN2O. The van der Waals surface area contributed by atoms with Gasteiger partial charge in [0.25, 0.3) is 0 Å². The smallest absolute Gasteiger partial charge is 0.243 e. The standard InChI is InChI=1S/C16H17FN2O/c1-11-7-12(2)9-15(8-11)19-16(20)10-18-14-5-3-13(17)4-6-14/h3-9,18H,10H2,1-2H3,(H,19,20). The topological polar surface area (TPSA) is 41.1 Å². The van der Waals surface area contributed by atoms with Crippen LogP contribution in [0.15, 0.2) is 42.5 Å². The van der Waals surface area contributed by atoms with Gasteiger partial charge >= 0.3 is 0 Å². The van der Waals surface area contributed by atoms with Crippen LogP contribution in [0, 0.1) is 19.7 Å². The molecule has 4 heteroatoms. The Labute approximate surface area is 117 Å². The molecule has 3 nitrogen and oxygen atoms in total. The van der Waals surface area contributed by atoms with E-state index in [1.165, 1.54) is 12.1 Å². The van der Waals surface area contributed by atoms with Crippen molar-refractivity contribution in [3.63, 3.8) is 0 Å². The summed E-state index contributed by atoms with van der Waals surface area (Å²) in [6.45, 7) is 4.11. The van der Waals surface area contributed by atoms with Crippen molar-refractivity contribution in [2.75, 3.05) is 17.2 Å². The van der Waals surface area contributed by atoms with E-state index in [9.17, 15) is 9.18 Å². The van der Waals surface area contributed by atoms with Crippen LogP contribution in [0.25, 0.3) is 0 Å². The summed E-state index contributed by atoms with van der Waals surface area (Å²) in [6.07, 6.45) is 0. The third-order valence-electron chi connectivity index (χ3n) is 2.80. The largest absolute Gasteiger partial charge is 0.376 e. The van der Waals surface area contributed by atoms with Crippen molar-refractivity contribution >= 4 is 17.3 Å². The Bertz CT molecular complexity index is 588. The van der Waals surface area contributed by atoms with Crippen molar-refractivity contribution in [2.45, 2.75) is 13.8 Å². The summed E-state index contributed by atoms with van der Waals surface area (Å²) < 4.78 is 12.7. The van der Waals surface area contributed by atoms with Gasteiger partial charge < -0.3 is 10.6 Å². The van der Waals surface area contributed by atoms with Crippen LogP contribution in [0.5, 0.6) is 0 Å². The zero-order valence-electron chi connectivity index (χ0n) is 11.5. The predicted molar refractivity (Wildman–Crippen MR) is 79.4 cm³/mol. The van der Waals surface area contributed by atoms with Crippen molar-refractivity contribution in [3.05, 3.63) is 59.4 Å². The van der Waals surface area contributed by atoms with Gasteiger partial charge in [0.05, 0.1) is 6.54 Å². The summed E-state index contributed by atoms with van der Waals surface area (Å²) >= 11 is 0. The molecule has 1 amide bonds. The average Bonchev–Trinajstić information content (AvgIpc) is 2.37. The first-order chi connectivity index (χ1) is 9.52. The lowest BCUT2D eigenvalue weighted by atomic mass is 10.1. The van der Waals surface area contributed by atoms with Gasteiger partial charge in [0.2, 0.25) is 5.91 Å². The minimum atomic E-state index is -0.296. The molecule has 0 heterocycles. The molecule has 0 aliphatic carbocycles. The third-order valence-corrected chi connectivity index (χ3v) is 2.80. The van der Waals surface area contributed by atoms with Gasteiger partial charge in [0, 0.05) is 11.4 Å². The second kappa shape index (κ2) is 6.19. The lowest BCUT2D eigenvalue weighted by Crippen LogP contribution is -2.21. The van der Waals surface area contributed by atoms with Crippen molar-refractivity contribution in [1.29, 1.82) is 0 Å². The Kier molecular flexibility index (Phi) is 4.35. The number of hydrogen-bond donors (Lipinski definition) is 2. The van der Waals surface area contributed by atoms with Crippen LogP contribution < -0.4 is 10.6 Å². The van der Waals surface area contributed by atoms with Gasteiger partial charge in [-0.2, -0.15) is 0 Å². The Morgan fingerprint density at radius 2 is 1.60 bits per heavy atom. The maximum Gasteiger partial charge on any atom is 0.243 e. The summed E-state index contributed by atoms with van der Waals surface area (Å²) in [7, 11) is 0. The second-order valence-electron chi connectivity index (χ2n) is 4.79. The number of benzene rings is 2.